The second-order valence-electron chi connectivity index (χ2n) is 7.84. The van der Waals surface area contributed by atoms with E-state index in [9.17, 15) is 5.11 Å². The number of aliphatic hydroxyl groups is 1. The molecule has 5 rings (SSSR count). The summed E-state index contributed by atoms with van der Waals surface area (Å²) in [6.45, 7) is 0.333. The standard InChI is InChI=1S/C24H24N2O/c27-15-22-18-11-13-20-21(14-12-19(18)22)24(17-9-5-2-6-10-17)26-25-23(20)16-7-3-1-4-8-16/h1-10,18-19,22,27H,11-15H2/t18-,19+,22-. The van der Waals surface area contributed by atoms with Gasteiger partial charge in [0.05, 0.1) is 11.4 Å². The molecule has 3 nitrogen and oxygen atoms in total. The van der Waals surface area contributed by atoms with Crippen LogP contribution in [0.25, 0.3) is 22.5 Å². The first-order chi connectivity index (χ1) is 13.4. The van der Waals surface area contributed by atoms with E-state index in [0.717, 1.165) is 48.2 Å². The lowest BCUT2D eigenvalue weighted by Gasteiger charge is -2.19. The van der Waals surface area contributed by atoms with Crippen LogP contribution in [-0.2, 0) is 12.8 Å². The maximum atomic E-state index is 9.68. The Balaban J connectivity index is 1.64. The molecule has 0 unspecified atom stereocenters. The molecular formula is C24H24N2O. The molecule has 136 valence electrons. The Morgan fingerprint density at radius 2 is 1.15 bits per heavy atom. The van der Waals surface area contributed by atoms with Gasteiger partial charge in [-0.15, -0.1) is 10.2 Å². The van der Waals surface area contributed by atoms with Crippen molar-refractivity contribution < 1.29 is 5.11 Å². The van der Waals surface area contributed by atoms with Crippen LogP contribution >= 0.6 is 0 Å². The molecule has 0 radical (unpaired) electrons. The summed E-state index contributed by atoms with van der Waals surface area (Å²) >= 11 is 0. The first kappa shape index (κ1) is 16.6. The molecule has 0 amide bonds. The van der Waals surface area contributed by atoms with Crippen LogP contribution in [0, 0.1) is 17.8 Å². The number of hydrogen-bond acceptors (Lipinski definition) is 3. The molecule has 3 atom stereocenters. The van der Waals surface area contributed by atoms with Gasteiger partial charge in [0.15, 0.2) is 0 Å². The van der Waals surface area contributed by atoms with Crippen molar-refractivity contribution in [1.29, 1.82) is 0 Å². The van der Waals surface area contributed by atoms with Crippen LogP contribution in [0.3, 0.4) is 0 Å². The Labute approximate surface area is 160 Å². The predicted molar refractivity (Wildman–Crippen MR) is 107 cm³/mol. The Bertz CT molecular complexity index is 863. The maximum absolute atomic E-state index is 9.68. The fraction of sp³-hybridized carbons (Fsp3) is 0.333. The molecule has 1 fully saturated rings. The zero-order valence-electron chi connectivity index (χ0n) is 15.4. The molecule has 1 heterocycles. The van der Waals surface area contributed by atoms with E-state index in [2.05, 4.69) is 58.7 Å². The minimum Gasteiger partial charge on any atom is -0.396 e. The summed E-state index contributed by atoms with van der Waals surface area (Å²) in [5, 5.41) is 19.1. The molecule has 3 heteroatoms. The molecule has 0 saturated heterocycles. The van der Waals surface area contributed by atoms with E-state index in [1.165, 1.54) is 11.1 Å². The molecule has 3 aromatic rings. The van der Waals surface area contributed by atoms with Gasteiger partial charge < -0.3 is 5.11 Å². The van der Waals surface area contributed by atoms with Crippen molar-refractivity contribution in [3.63, 3.8) is 0 Å². The largest absolute Gasteiger partial charge is 0.396 e. The van der Waals surface area contributed by atoms with Crippen LogP contribution in [0.5, 0.6) is 0 Å². The SMILES string of the molecule is OC[C@H]1[C@H]2CCc3c(-c4ccccc4)nnc(-c4ccccc4)c3CC[C@@H]12. The average molecular weight is 356 g/mol. The Hall–Kier alpha value is -2.52. The van der Waals surface area contributed by atoms with Crippen LogP contribution in [0.1, 0.15) is 24.0 Å². The zero-order valence-corrected chi connectivity index (χ0v) is 15.4. The van der Waals surface area contributed by atoms with Gasteiger partial charge in [0, 0.05) is 17.7 Å². The van der Waals surface area contributed by atoms with Gasteiger partial charge in [-0.25, -0.2) is 0 Å². The third-order valence-corrected chi connectivity index (χ3v) is 6.46. The molecule has 0 bridgehead atoms. The van der Waals surface area contributed by atoms with Crippen molar-refractivity contribution in [3.05, 3.63) is 71.8 Å². The Morgan fingerprint density at radius 1 is 0.704 bits per heavy atom. The highest BCUT2D eigenvalue weighted by molar-refractivity contribution is 5.71. The fourth-order valence-corrected chi connectivity index (χ4v) is 4.97. The Morgan fingerprint density at radius 3 is 1.56 bits per heavy atom. The molecular weight excluding hydrogens is 332 g/mol. The predicted octanol–water partition coefficient (Wildman–Crippen LogP) is 4.54. The number of aliphatic hydroxyl groups excluding tert-OH is 1. The lowest BCUT2D eigenvalue weighted by atomic mass is 9.88. The lowest BCUT2D eigenvalue weighted by Crippen LogP contribution is -2.09. The monoisotopic (exact) mass is 356 g/mol. The molecule has 1 aromatic heterocycles. The molecule has 0 aliphatic heterocycles. The van der Waals surface area contributed by atoms with E-state index in [0.29, 0.717) is 24.4 Å². The van der Waals surface area contributed by atoms with Crippen LogP contribution in [0.2, 0.25) is 0 Å². The number of fused-ring (bicyclic) bond motifs is 2. The smallest absolute Gasteiger partial charge is 0.0964 e. The molecule has 2 aliphatic rings. The maximum Gasteiger partial charge on any atom is 0.0964 e. The number of hydrogen-bond donors (Lipinski definition) is 1. The van der Waals surface area contributed by atoms with Gasteiger partial charge in [-0.1, -0.05) is 60.7 Å². The first-order valence-electron chi connectivity index (χ1n) is 9.97. The fourth-order valence-electron chi connectivity index (χ4n) is 4.97. The minimum atomic E-state index is 0.333. The summed E-state index contributed by atoms with van der Waals surface area (Å²) in [6.07, 6.45) is 4.32. The summed E-state index contributed by atoms with van der Waals surface area (Å²) < 4.78 is 0. The molecule has 2 aromatic carbocycles. The highest BCUT2D eigenvalue weighted by Crippen LogP contribution is 2.53. The molecule has 0 spiro atoms. The van der Waals surface area contributed by atoms with Gasteiger partial charge in [0.25, 0.3) is 0 Å². The first-order valence-corrected chi connectivity index (χ1v) is 9.97. The van der Waals surface area contributed by atoms with E-state index in [1.54, 1.807) is 0 Å². The summed E-state index contributed by atoms with van der Waals surface area (Å²) in [4.78, 5) is 0. The lowest BCUT2D eigenvalue weighted by molar-refractivity contribution is 0.262. The highest BCUT2D eigenvalue weighted by atomic mass is 16.3. The van der Waals surface area contributed by atoms with Crippen LogP contribution < -0.4 is 0 Å². The van der Waals surface area contributed by atoms with E-state index in [4.69, 9.17) is 0 Å². The summed E-state index contributed by atoms with van der Waals surface area (Å²) in [5.74, 6) is 1.86. The topological polar surface area (TPSA) is 46.0 Å². The van der Waals surface area contributed by atoms with Crippen molar-refractivity contribution in [2.24, 2.45) is 17.8 Å². The summed E-state index contributed by atoms with van der Waals surface area (Å²) in [7, 11) is 0. The van der Waals surface area contributed by atoms with Gasteiger partial charge in [-0.2, -0.15) is 0 Å². The third-order valence-electron chi connectivity index (χ3n) is 6.46. The molecule has 27 heavy (non-hydrogen) atoms. The van der Waals surface area contributed by atoms with E-state index >= 15 is 0 Å². The highest BCUT2D eigenvalue weighted by Gasteiger charge is 2.49. The van der Waals surface area contributed by atoms with E-state index < -0.39 is 0 Å². The summed E-state index contributed by atoms with van der Waals surface area (Å²) in [6, 6.07) is 20.9. The van der Waals surface area contributed by atoms with Crippen molar-refractivity contribution in [3.8, 4) is 22.5 Å². The molecule has 1 saturated carbocycles. The van der Waals surface area contributed by atoms with Crippen molar-refractivity contribution in [2.75, 3.05) is 6.61 Å². The zero-order chi connectivity index (χ0) is 18.2. The Kier molecular flexibility index (Phi) is 4.25. The van der Waals surface area contributed by atoms with E-state index in [-0.39, 0.29) is 0 Å². The number of rotatable bonds is 3. The normalized spacial score (nSPS) is 23.7. The second kappa shape index (κ2) is 6.90. The van der Waals surface area contributed by atoms with Gasteiger partial charge >= 0.3 is 0 Å². The minimum absolute atomic E-state index is 0.333. The van der Waals surface area contributed by atoms with Gasteiger partial charge in [0.2, 0.25) is 0 Å². The second-order valence-corrected chi connectivity index (χ2v) is 7.84. The summed E-state index contributed by atoms with van der Waals surface area (Å²) in [5.41, 5.74) is 7.07. The van der Waals surface area contributed by atoms with Crippen molar-refractivity contribution in [2.45, 2.75) is 25.7 Å². The van der Waals surface area contributed by atoms with E-state index in [1.807, 2.05) is 12.1 Å². The quantitative estimate of drug-likeness (QED) is 0.749. The van der Waals surface area contributed by atoms with Gasteiger partial charge in [-0.3, -0.25) is 0 Å². The number of aromatic nitrogens is 2. The third kappa shape index (κ3) is 2.96. The average Bonchev–Trinajstić information content (AvgIpc) is 3.40. The van der Waals surface area contributed by atoms with Gasteiger partial charge in [0.1, 0.15) is 0 Å². The van der Waals surface area contributed by atoms with Crippen LogP contribution in [-0.4, -0.2) is 21.9 Å². The van der Waals surface area contributed by atoms with Crippen molar-refractivity contribution >= 4 is 0 Å². The van der Waals surface area contributed by atoms with Gasteiger partial charge in [-0.05, 0) is 54.6 Å². The molecule has 2 aliphatic carbocycles. The van der Waals surface area contributed by atoms with Crippen LogP contribution in [0.4, 0.5) is 0 Å². The van der Waals surface area contributed by atoms with Crippen molar-refractivity contribution in [1.82, 2.24) is 10.2 Å². The number of benzene rings is 2. The van der Waals surface area contributed by atoms with Crippen LogP contribution in [0.15, 0.2) is 60.7 Å². The number of nitrogens with zero attached hydrogens (tertiary/aromatic N) is 2. The molecule has 1 N–H and O–H groups in total.